The fraction of sp³-hybridized carbons (Fsp3) is 0.263. The topological polar surface area (TPSA) is 83.6 Å². The average Bonchev–Trinajstić information content (AvgIpc) is 3.07. The quantitative estimate of drug-likeness (QED) is 0.769. The van der Waals surface area contributed by atoms with Crippen molar-refractivity contribution >= 4 is 33.0 Å². The molecule has 0 bridgehead atoms. The summed E-state index contributed by atoms with van der Waals surface area (Å²) in [4.78, 5) is 25.4. The molecule has 0 saturated carbocycles. The third-order valence-corrected chi connectivity index (χ3v) is 6.04. The maximum absolute atomic E-state index is 12.9. The van der Waals surface area contributed by atoms with E-state index in [-0.39, 0.29) is 23.0 Å². The van der Waals surface area contributed by atoms with Crippen molar-refractivity contribution in [3.8, 4) is 0 Å². The second kappa shape index (κ2) is 7.87. The minimum absolute atomic E-state index is 0.0173. The summed E-state index contributed by atoms with van der Waals surface area (Å²) in [6.45, 7) is 0.686. The smallest absolute Gasteiger partial charge is 0.227 e. The molecular weight excluding hydrogens is 371 g/mol. The molecule has 6 nitrogen and oxygen atoms in total. The highest BCUT2D eigenvalue weighted by Gasteiger charge is 2.21. The van der Waals surface area contributed by atoms with Gasteiger partial charge in [-0.3, -0.25) is 9.59 Å². The van der Waals surface area contributed by atoms with Crippen molar-refractivity contribution in [2.75, 3.05) is 22.5 Å². The summed E-state index contributed by atoms with van der Waals surface area (Å²) < 4.78 is 37.3. The SMILES string of the molecule is O=C(CCS(=O)(=O)c1ccc(F)cc1)Nc1ccc(N2CCCC2=O)cc1. The normalized spacial score (nSPS) is 14.4. The van der Waals surface area contributed by atoms with E-state index in [9.17, 15) is 22.4 Å². The van der Waals surface area contributed by atoms with E-state index in [0.29, 0.717) is 18.7 Å². The predicted octanol–water partition coefficient (Wildman–Crippen LogP) is 2.76. The monoisotopic (exact) mass is 390 g/mol. The van der Waals surface area contributed by atoms with Crippen molar-refractivity contribution in [2.24, 2.45) is 0 Å². The molecule has 1 fully saturated rings. The molecule has 1 heterocycles. The fourth-order valence-electron chi connectivity index (χ4n) is 2.86. The molecule has 0 spiro atoms. The number of benzene rings is 2. The summed E-state index contributed by atoms with van der Waals surface area (Å²) in [7, 11) is -3.66. The molecule has 1 N–H and O–H groups in total. The fourth-order valence-corrected chi connectivity index (χ4v) is 4.10. The first kappa shape index (κ1) is 19.0. The zero-order chi connectivity index (χ0) is 19.4. The second-order valence-electron chi connectivity index (χ2n) is 6.27. The van der Waals surface area contributed by atoms with E-state index in [1.807, 2.05) is 0 Å². The maximum Gasteiger partial charge on any atom is 0.227 e. The van der Waals surface area contributed by atoms with Gasteiger partial charge in [0.25, 0.3) is 0 Å². The van der Waals surface area contributed by atoms with Crippen LogP contribution in [0.5, 0.6) is 0 Å². The van der Waals surface area contributed by atoms with Gasteiger partial charge in [0.1, 0.15) is 5.82 Å². The summed E-state index contributed by atoms with van der Waals surface area (Å²) in [6.07, 6.45) is 1.16. The lowest BCUT2D eigenvalue weighted by atomic mass is 10.2. The Kier molecular flexibility index (Phi) is 5.55. The van der Waals surface area contributed by atoms with E-state index in [4.69, 9.17) is 0 Å². The molecule has 8 heteroatoms. The Morgan fingerprint density at radius 3 is 2.33 bits per heavy atom. The highest BCUT2D eigenvalue weighted by Crippen LogP contribution is 2.23. The Hall–Kier alpha value is -2.74. The molecule has 2 aromatic rings. The average molecular weight is 390 g/mol. The Labute approximate surface area is 156 Å². The van der Waals surface area contributed by atoms with Crippen LogP contribution in [0.1, 0.15) is 19.3 Å². The van der Waals surface area contributed by atoms with Gasteiger partial charge in [0.05, 0.1) is 10.6 Å². The summed E-state index contributed by atoms with van der Waals surface area (Å²) in [5.41, 5.74) is 1.30. The number of nitrogens with zero attached hydrogens (tertiary/aromatic N) is 1. The lowest BCUT2D eigenvalue weighted by molar-refractivity contribution is -0.117. The summed E-state index contributed by atoms with van der Waals surface area (Å²) in [5, 5.41) is 2.64. The van der Waals surface area contributed by atoms with Gasteiger partial charge in [-0.1, -0.05) is 0 Å². The van der Waals surface area contributed by atoms with Crippen molar-refractivity contribution in [3.63, 3.8) is 0 Å². The molecule has 1 aliphatic rings. The Morgan fingerprint density at radius 1 is 1.07 bits per heavy atom. The Balaban J connectivity index is 1.56. The first-order valence-corrected chi connectivity index (χ1v) is 10.2. The number of nitrogens with one attached hydrogen (secondary N) is 1. The maximum atomic E-state index is 12.9. The third kappa shape index (κ3) is 4.71. The molecule has 0 aromatic heterocycles. The number of carbonyl (C=O) groups is 2. The van der Waals surface area contributed by atoms with Gasteiger partial charge in [-0.25, -0.2) is 12.8 Å². The van der Waals surface area contributed by atoms with Crippen molar-refractivity contribution in [3.05, 3.63) is 54.3 Å². The van der Waals surface area contributed by atoms with Crippen molar-refractivity contribution in [1.82, 2.24) is 0 Å². The van der Waals surface area contributed by atoms with Crippen molar-refractivity contribution in [2.45, 2.75) is 24.2 Å². The summed E-state index contributed by atoms with van der Waals surface area (Å²) in [5.74, 6) is -1.25. The zero-order valence-electron chi connectivity index (χ0n) is 14.5. The van der Waals surface area contributed by atoms with Gasteiger partial charge in [-0.15, -0.1) is 0 Å². The van der Waals surface area contributed by atoms with Gasteiger partial charge in [-0.2, -0.15) is 0 Å². The third-order valence-electron chi connectivity index (χ3n) is 4.31. The molecule has 27 heavy (non-hydrogen) atoms. The number of rotatable bonds is 6. The number of hydrogen-bond donors (Lipinski definition) is 1. The molecule has 1 aliphatic heterocycles. The van der Waals surface area contributed by atoms with E-state index >= 15 is 0 Å². The van der Waals surface area contributed by atoms with Crippen LogP contribution in [0.3, 0.4) is 0 Å². The van der Waals surface area contributed by atoms with Crippen molar-refractivity contribution in [1.29, 1.82) is 0 Å². The van der Waals surface area contributed by atoms with Crippen LogP contribution in [0.4, 0.5) is 15.8 Å². The molecule has 2 amide bonds. The van der Waals surface area contributed by atoms with E-state index in [2.05, 4.69) is 5.32 Å². The van der Waals surface area contributed by atoms with Gasteiger partial charge in [0, 0.05) is 30.8 Å². The van der Waals surface area contributed by atoms with Gasteiger partial charge in [0.15, 0.2) is 9.84 Å². The zero-order valence-corrected chi connectivity index (χ0v) is 15.3. The molecule has 2 aromatic carbocycles. The largest absolute Gasteiger partial charge is 0.326 e. The van der Waals surface area contributed by atoms with E-state index in [1.54, 1.807) is 29.2 Å². The van der Waals surface area contributed by atoms with Crippen LogP contribution in [0, 0.1) is 5.82 Å². The lowest BCUT2D eigenvalue weighted by Gasteiger charge is -2.16. The molecule has 0 atom stereocenters. The van der Waals surface area contributed by atoms with Crippen LogP contribution in [0.25, 0.3) is 0 Å². The van der Waals surface area contributed by atoms with E-state index < -0.39 is 21.6 Å². The molecule has 0 unspecified atom stereocenters. The molecule has 0 radical (unpaired) electrons. The number of amides is 2. The molecule has 1 saturated heterocycles. The number of hydrogen-bond acceptors (Lipinski definition) is 4. The molecular formula is C19H19FN2O4S. The van der Waals surface area contributed by atoms with Gasteiger partial charge in [0.2, 0.25) is 11.8 Å². The van der Waals surface area contributed by atoms with Crippen LogP contribution in [-0.4, -0.2) is 32.5 Å². The molecule has 0 aliphatic carbocycles. The summed E-state index contributed by atoms with van der Waals surface area (Å²) >= 11 is 0. The van der Waals surface area contributed by atoms with Gasteiger partial charge >= 0.3 is 0 Å². The minimum Gasteiger partial charge on any atom is -0.326 e. The molecule has 142 valence electrons. The van der Waals surface area contributed by atoms with Crippen LogP contribution in [0.15, 0.2) is 53.4 Å². The highest BCUT2D eigenvalue weighted by atomic mass is 32.2. The first-order chi connectivity index (χ1) is 12.8. The summed E-state index contributed by atoms with van der Waals surface area (Å²) in [6, 6.07) is 11.3. The molecule has 3 rings (SSSR count). The number of anilines is 2. The van der Waals surface area contributed by atoms with Crippen molar-refractivity contribution < 1.29 is 22.4 Å². The second-order valence-corrected chi connectivity index (χ2v) is 8.38. The van der Waals surface area contributed by atoms with Crippen LogP contribution in [0.2, 0.25) is 0 Å². The van der Waals surface area contributed by atoms with Crippen LogP contribution < -0.4 is 10.2 Å². The minimum atomic E-state index is -3.66. The predicted molar refractivity (Wildman–Crippen MR) is 99.7 cm³/mol. The van der Waals surface area contributed by atoms with Crippen LogP contribution >= 0.6 is 0 Å². The Bertz CT molecular complexity index is 941. The number of carbonyl (C=O) groups excluding carboxylic acids is 2. The Morgan fingerprint density at radius 2 is 1.74 bits per heavy atom. The first-order valence-electron chi connectivity index (χ1n) is 8.54. The van der Waals surface area contributed by atoms with E-state index in [0.717, 1.165) is 24.2 Å². The lowest BCUT2D eigenvalue weighted by Crippen LogP contribution is -2.23. The number of halogens is 1. The standard InChI is InChI=1S/C19H19FN2O4S/c20-14-3-9-17(10-4-14)27(25,26)13-11-18(23)21-15-5-7-16(8-6-15)22-12-1-2-19(22)24/h3-10H,1-2,11-13H2,(H,21,23). The van der Waals surface area contributed by atoms with Crippen LogP contribution in [-0.2, 0) is 19.4 Å². The van der Waals surface area contributed by atoms with Gasteiger partial charge in [-0.05, 0) is 55.0 Å². The highest BCUT2D eigenvalue weighted by molar-refractivity contribution is 7.91. The van der Waals surface area contributed by atoms with Gasteiger partial charge < -0.3 is 10.2 Å². The number of sulfone groups is 1. The van der Waals surface area contributed by atoms with E-state index in [1.165, 1.54) is 12.1 Å².